The number of aliphatic hydroxyl groups excluding tert-OH is 1. The Labute approximate surface area is 121 Å². The molecule has 3 aromatic rings. The third kappa shape index (κ3) is 2.85. The molecule has 3 rings (SSSR count). The Hall–Kier alpha value is -2.46. The lowest BCUT2D eigenvalue weighted by Gasteiger charge is -2.13. The molecule has 21 heavy (non-hydrogen) atoms. The van der Waals surface area contributed by atoms with Crippen molar-refractivity contribution in [2.45, 2.75) is 13.0 Å². The molecule has 0 radical (unpaired) electrons. The standard InChI is InChI=1S/C17H14FNO2/c1-11(20)15-9-13(18)6-7-17(15)21-14-8-12-4-2-3-5-16(12)19-10-14/h2-11,20H,1H3/t11-/m0/s1. The van der Waals surface area contributed by atoms with Crippen LogP contribution in [0.15, 0.2) is 54.7 Å². The van der Waals surface area contributed by atoms with Crippen molar-refractivity contribution in [1.82, 2.24) is 4.98 Å². The molecule has 1 heterocycles. The van der Waals surface area contributed by atoms with Gasteiger partial charge in [-0.1, -0.05) is 18.2 Å². The van der Waals surface area contributed by atoms with Crippen LogP contribution in [0.1, 0.15) is 18.6 Å². The van der Waals surface area contributed by atoms with Crippen molar-refractivity contribution in [2.24, 2.45) is 0 Å². The minimum atomic E-state index is -0.816. The topological polar surface area (TPSA) is 42.4 Å². The molecule has 0 spiro atoms. The number of halogens is 1. The quantitative estimate of drug-likeness (QED) is 0.782. The van der Waals surface area contributed by atoms with E-state index in [0.29, 0.717) is 17.1 Å². The second-order valence-corrected chi connectivity index (χ2v) is 4.82. The zero-order valence-electron chi connectivity index (χ0n) is 11.5. The van der Waals surface area contributed by atoms with E-state index in [9.17, 15) is 9.50 Å². The molecule has 0 aliphatic rings. The van der Waals surface area contributed by atoms with E-state index in [1.165, 1.54) is 18.2 Å². The number of nitrogens with zero attached hydrogens (tertiary/aromatic N) is 1. The first-order chi connectivity index (χ1) is 10.1. The maximum atomic E-state index is 13.3. The van der Waals surface area contributed by atoms with Gasteiger partial charge < -0.3 is 9.84 Å². The molecule has 0 unspecified atom stereocenters. The van der Waals surface area contributed by atoms with Crippen LogP contribution in [0.3, 0.4) is 0 Å². The number of para-hydroxylation sites is 1. The van der Waals surface area contributed by atoms with Crippen LogP contribution in [0.2, 0.25) is 0 Å². The Balaban J connectivity index is 1.98. The van der Waals surface area contributed by atoms with Gasteiger partial charge in [-0.25, -0.2) is 4.39 Å². The number of hydrogen-bond acceptors (Lipinski definition) is 3. The van der Waals surface area contributed by atoms with E-state index in [1.807, 2.05) is 30.3 Å². The van der Waals surface area contributed by atoms with Crippen LogP contribution in [0.25, 0.3) is 10.9 Å². The number of rotatable bonds is 3. The first kappa shape index (κ1) is 13.5. The molecular weight excluding hydrogens is 269 g/mol. The van der Waals surface area contributed by atoms with Crippen LogP contribution < -0.4 is 4.74 Å². The predicted octanol–water partition coefficient (Wildman–Crippen LogP) is 4.22. The van der Waals surface area contributed by atoms with Gasteiger partial charge in [-0.15, -0.1) is 0 Å². The van der Waals surface area contributed by atoms with E-state index >= 15 is 0 Å². The number of hydrogen-bond donors (Lipinski definition) is 1. The maximum Gasteiger partial charge on any atom is 0.146 e. The Morgan fingerprint density at radius 3 is 2.76 bits per heavy atom. The van der Waals surface area contributed by atoms with Crippen molar-refractivity contribution >= 4 is 10.9 Å². The van der Waals surface area contributed by atoms with Crippen LogP contribution in [0, 0.1) is 5.82 Å². The van der Waals surface area contributed by atoms with Crippen LogP contribution in [0.5, 0.6) is 11.5 Å². The number of benzene rings is 2. The minimum Gasteiger partial charge on any atom is -0.455 e. The largest absolute Gasteiger partial charge is 0.455 e. The normalized spacial score (nSPS) is 12.3. The number of pyridine rings is 1. The van der Waals surface area contributed by atoms with Gasteiger partial charge in [0.25, 0.3) is 0 Å². The molecule has 0 saturated heterocycles. The Bertz CT molecular complexity index is 787. The molecule has 4 heteroatoms. The SMILES string of the molecule is C[C@H](O)c1cc(F)ccc1Oc1cnc2ccccc2c1. The summed E-state index contributed by atoms with van der Waals surface area (Å²) >= 11 is 0. The van der Waals surface area contributed by atoms with E-state index < -0.39 is 11.9 Å². The highest BCUT2D eigenvalue weighted by Gasteiger charge is 2.12. The molecule has 1 N–H and O–H groups in total. The van der Waals surface area contributed by atoms with Crippen molar-refractivity contribution in [3.05, 3.63) is 66.1 Å². The summed E-state index contributed by atoms with van der Waals surface area (Å²) < 4.78 is 19.0. The first-order valence-corrected chi connectivity index (χ1v) is 6.63. The Morgan fingerprint density at radius 1 is 1.14 bits per heavy atom. The van der Waals surface area contributed by atoms with Gasteiger partial charge >= 0.3 is 0 Å². The molecule has 1 atom stereocenters. The maximum absolute atomic E-state index is 13.3. The fourth-order valence-corrected chi connectivity index (χ4v) is 2.17. The van der Waals surface area contributed by atoms with E-state index in [1.54, 1.807) is 13.1 Å². The summed E-state index contributed by atoms with van der Waals surface area (Å²) in [6.07, 6.45) is 0.793. The van der Waals surface area contributed by atoms with Gasteiger partial charge in [0.05, 0.1) is 17.8 Å². The van der Waals surface area contributed by atoms with Gasteiger partial charge in [-0.05, 0) is 37.3 Å². The highest BCUT2D eigenvalue weighted by atomic mass is 19.1. The molecule has 1 aromatic heterocycles. The van der Waals surface area contributed by atoms with Crippen molar-refractivity contribution in [2.75, 3.05) is 0 Å². The molecule has 0 aliphatic heterocycles. The van der Waals surface area contributed by atoms with Crippen LogP contribution in [0.4, 0.5) is 4.39 Å². The van der Waals surface area contributed by atoms with E-state index in [-0.39, 0.29) is 0 Å². The van der Waals surface area contributed by atoms with Crippen LogP contribution in [-0.2, 0) is 0 Å². The monoisotopic (exact) mass is 283 g/mol. The average Bonchev–Trinajstić information content (AvgIpc) is 2.49. The molecule has 0 aliphatic carbocycles. The lowest BCUT2D eigenvalue weighted by atomic mass is 10.1. The molecule has 0 fully saturated rings. The zero-order valence-corrected chi connectivity index (χ0v) is 11.5. The summed E-state index contributed by atoms with van der Waals surface area (Å²) in [5.74, 6) is 0.556. The molecule has 106 valence electrons. The predicted molar refractivity (Wildman–Crippen MR) is 78.9 cm³/mol. The van der Waals surface area contributed by atoms with Gasteiger partial charge in [0.1, 0.15) is 17.3 Å². The van der Waals surface area contributed by atoms with Gasteiger partial charge in [0, 0.05) is 10.9 Å². The van der Waals surface area contributed by atoms with Crippen molar-refractivity contribution in [3.63, 3.8) is 0 Å². The second kappa shape index (κ2) is 5.50. The van der Waals surface area contributed by atoms with Gasteiger partial charge in [0.15, 0.2) is 0 Å². The van der Waals surface area contributed by atoms with Crippen molar-refractivity contribution in [3.8, 4) is 11.5 Å². The highest BCUT2D eigenvalue weighted by molar-refractivity contribution is 5.79. The van der Waals surface area contributed by atoms with Crippen molar-refractivity contribution < 1.29 is 14.2 Å². The number of ether oxygens (including phenoxy) is 1. The van der Waals surface area contributed by atoms with Crippen LogP contribution in [-0.4, -0.2) is 10.1 Å². The lowest BCUT2D eigenvalue weighted by molar-refractivity contribution is 0.195. The summed E-state index contributed by atoms with van der Waals surface area (Å²) in [5.41, 5.74) is 1.28. The van der Waals surface area contributed by atoms with Gasteiger partial charge in [-0.3, -0.25) is 4.98 Å². The van der Waals surface area contributed by atoms with Gasteiger partial charge in [0.2, 0.25) is 0 Å². The number of aliphatic hydroxyl groups is 1. The summed E-state index contributed by atoms with van der Waals surface area (Å²) in [7, 11) is 0. The third-order valence-corrected chi connectivity index (χ3v) is 3.22. The molecule has 0 amide bonds. The lowest BCUT2D eigenvalue weighted by Crippen LogP contribution is -1.97. The van der Waals surface area contributed by atoms with E-state index in [2.05, 4.69) is 4.98 Å². The molecule has 0 bridgehead atoms. The Kier molecular flexibility index (Phi) is 3.54. The van der Waals surface area contributed by atoms with E-state index in [0.717, 1.165) is 10.9 Å². The van der Waals surface area contributed by atoms with E-state index in [4.69, 9.17) is 4.74 Å². The first-order valence-electron chi connectivity index (χ1n) is 6.63. The van der Waals surface area contributed by atoms with Crippen molar-refractivity contribution in [1.29, 1.82) is 0 Å². The third-order valence-electron chi connectivity index (χ3n) is 3.22. The zero-order chi connectivity index (χ0) is 14.8. The smallest absolute Gasteiger partial charge is 0.146 e. The molecule has 0 saturated carbocycles. The number of fused-ring (bicyclic) bond motifs is 1. The molecular formula is C17H14FNO2. The summed E-state index contributed by atoms with van der Waals surface area (Å²) in [5, 5.41) is 10.7. The molecule has 2 aromatic carbocycles. The average molecular weight is 283 g/mol. The summed E-state index contributed by atoms with van der Waals surface area (Å²) in [4.78, 5) is 4.31. The number of aromatic nitrogens is 1. The minimum absolute atomic E-state index is 0.406. The van der Waals surface area contributed by atoms with Crippen LogP contribution >= 0.6 is 0 Å². The summed E-state index contributed by atoms with van der Waals surface area (Å²) in [6, 6.07) is 13.6. The fourth-order valence-electron chi connectivity index (χ4n) is 2.17. The van der Waals surface area contributed by atoms with Gasteiger partial charge in [-0.2, -0.15) is 0 Å². The fraction of sp³-hybridized carbons (Fsp3) is 0.118. The summed E-state index contributed by atoms with van der Waals surface area (Å²) in [6.45, 7) is 1.57. The second-order valence-electron chi connectivity index (χ2n) is 4.82. The highest BCUT2D eigenvalue weighted by Crippen LogP contribution is 2.31. The Morgan fingerprint density at radius 2 is 1.95 bits per heavy atom. The molecule has 3 nitrogen and oxygen atoms in total.